The largest absolute Gasteiger partial charge is 0.488 e. The zero-order chi connectivity index (χ0) is 18.8. The van der Waals surface area contributed by atoms with E-state index in [-0.39, 0.29) is 12.5 Å². The summed E-state index contributed by atoms with van der Waals surface area (Å²) in [6.45, 7) is 2.00. The summed E-state index contributed by atoms with van der Waals surface area (Å²) in [5.41, 5.74) is 4.24. The lowest BCUT2D eigenvalue weighted by Crippen LogP contribution is -2.58. The smallest absolute Gasteiger partial charge is 0.315 e. The van der Waals surface area contributed by atoms with Crippen LogP contribution in [0.1, 0.15) is 32.6 Å². The Morgan fingerprint density at radius 3 is 2.68 bits per heavy atom. The predicted octanol–water partition coefficient (Wildman–Crippen LogP) is 1.93. The Labute approximate surface area is 145 Å². The van der Waals surface area contributed by atoms with Gasteiger partial charge in [-0.2, -0.15) is 0 Å². The van der Waals surface area contributed by atoms with Gasteiger partial charge in [0.1, 0.15) is 0 Å². The molecule has 0 bridgehead atoms. The van der Waals surface area contributed by atoms with Crippen molar-refractivity contribution in [2.45, 2.75) is 43.0 Å². The summed E-state index contributed by atoms with van der Waals surface area (Å²) >= 11 is 0. The molecule has 0 saturated heterocycles. The van der Waals surface area contributed by atoms with Crippen LogP contribution in [0.25, 0.3) is 0 Å². The van der Waals surface area contributed by atoms with Gasteiger partial charge in [-0.25, -0.2) is 17.5 Å². The summed E-state index contributed by atoms with van der Waals surface area (Å²) in [6.07, 6.45) is 3.18. The Morgan fingerprint density at radius 2 is 2.16 bits per heavy atom. The molecule has 1 fully saturated rings. The number of hydrogen-bond acceptors (Lipinski definition) is 6. The van der Waals surface area contributed by atoms with Crippen LogP contribution in [0.5, 0.6) is 5.75 Å². The van der Waals surface area contributed by atoms with Crippen molar-refractivity contribution in [3.8, 4) is 5.75 Å². The summed E-state index contributed by atoms with van der Waals surface area (Å²) in [4.78, 5) is 9.69. The van der Waals surface area contributed by atoms with Gasteiger partial charge in [0.2, 0.25) is 15.8 Å². The first-order chi connectivity index (χ1) is 11.7. The Balaban J connectivity index is 2.47. The van der Waals surface area contributed by atoms with E-state index in [0.29, 0.717) is 12.5 Å². The number of hydrogen-bond donors (Lipinski definition) is 2. The van der Waals surface area contributed by atoms with Crippen LogP contribution in [0.3, 0.4) is 0 Å². The number of nitro benzene ring substituents is 1. The van der Waals surface area contributed by atoms with Crippen LogP contribution >= 0.6 is 0 Å². The van der Waals surface area contributed by atoms with E-state index in [4.69, 9.17) is 5.73 Å². The number of benzene rings is 1. The van der Waals surface area contributed by atoms with Crippen molar-refractivity contribution >= 4 is 15.7 Å². The van der Waals surface area contributed by atoms with Gasteiger partial charge in [-0.3, -0.25) is 10.1 Å². The highest BCUT2D eigenvalue weighted by Gasteiger charge is 2.41. The number of halogens is 1. The molecule has 1 aromatic carbocycles. The van der Waals surface area contributed by atoms with Gasteiger partial charge in [0.25, 0.3) is 0 Å². The first-order valence-corrected chi connectivity index (χ1v) is 9.41. The maximum absolute atomic E-state index is 14.1. The highest BCUT2D eigenvalue weighted by molar-refractivity contribution is 7.89. The molecule has 0 spiro atoms. The number of ether oxygens (including phenoxy) is 1. The molecular formula is C15H22FN3O5S. The van der Waals surface area contributed by atoms with Crippen molar-refractivity contribution in [1.29, 1.82) is 0 Å². The average Bonchev–Trinajstić information content (AvgIpc) is 2.56. The molecule has 10 heteroatoms. The van der Waals surface area contributed by atoms with E-state index in [1.807, 2.05) is 6.92 Å². The van der Waals surface area contributed by atoms with Crippen LogP contribution in [-0.4, -0.2) is 32.5 Å². The maximum Gasteiger partial charge on any atom is 0.315 e. The van der Waals surface area contributed by atoms with E-state index in [2.05, 4.69) is 9.46 Å². The third-order valence-corrected chi connectivity index (χ3v) is 6.40. The molecule has 0 radical (unpaired) electrons. The molecule has 25 heavy (non-hydrogen) atoms. The lowest BCUT2D eigenvalue weighted by atomic mass is 9.74. The van der Waals surface area contributed by atoms with Crippen LogP contribution in [0.15, 0.2) is 17.0 Å². The zero-order valence-corrected chi connectivity index (χ0v) is 14.9. The number of nitrogens with two attached hydrogens (primary N) is 1. The number of nitrogens with zero attached hydrogens (tertiary/aromatic N) is 1. The summed E-state index contributed by atoms with van der Waals surface area (Å²) in [5.74, 6) is -1.72. The molecule has 1 aliphatic rings. The number of methoxy groups -OCH3 is 1. The molecule has 0 amide bonds. The van der Waals surface area contributed by atoms with Crippen molar-refractivity contribution < 1.29 is 22.5 Å². The SMILES string of the molecule is COc1c(F)cc(S(=O)(=O)NC2(CN)CCCCC2C)cc1[N+](=O)[O-]. The molecule has 1 saturated carbocycles. The summed E-state index contributed by atoms with van der Waals surface area (Å²) in [7, 11) is -3.12. The Bertz CT molecular complexity index is 771. The second kappa shape index (κ2) is 7.22. The second-order valence-corrected chi connectivity index (χ2v) is 8.01. The van der Waals surface area contributed by atoms with Gasteiger partial charge in [0.15, 0.2) is 5.82 Å². The van der Waals surface area contributed by atoms with E-state index in [1.165, 1.54) is 0 Å². The second-order valence-electron chi connectivity index (χ2n) is 6.33. The summed E-state index contributed by atoms with van der Waals surface area (Å²) < 4.78 is 46.8. The van der Waals surface area contributed by atoms with Gasteiger partial charge >= 0.3 is 5.69 Å². The standard InChI is InChI=1S/C15H22FN3O5S/c1-10-5-3-4-6-15(10,9-17)18-25(22,23)11-7-12(16)14(24-2)13(8-11)19(20)21/h7-8,10,18H,3-6,9,17H2,1-2H3. The fourth-order valence-electron chi connectivity index (χ4n) is 3.28. The minimum absolute atomic E-state index is 0.000828. The Hall–Kier alpha value is -1.78. The molecule has 0 aromatic heterocycles. The zero-order valence-electron chi connectivity index (χ0n) is 14.1. The van der Waals surface area contributed by atoms with Crippen LogP contribution in [0.2, 0.25) is 0 Å². The van der Waals surface area contributed by atoms with Gasteiger partial charge in [-0.15, -0.1) is 0 Å². The van der Waals surface area contributed by atoms with Crippen LogP contribution in [-0.2, 0) is 10.0 Å². The first-order valence-electron chi connectivity index (χ1n) is 7.93. The maximum atomic E-state index is 14.1. The number of sulfonamides is 1. The molecule has 140 valence electrons. The number of nitrogens with one attached hydrogen (secondary N) is 1. The van der Waals surface area contributed by atoms with Gasteiger partial charge in [0.05, 0.1) is 16.9 Å². The van der Waals surface area contributed by atoms with E-state index in [9.17, 15) is 22.9 Å². The average molecular weight is 375 g/mol. The van der Waals surface area contributed by atoms with E-state index in [1.54, 1.807) is 0 Å². The molecular weight excluding hydrogens is 353 g/mol. The molecule has 3 N–H and O–H groups in total. The molecule has 2 unspecified atom stereocenters. The molecule has 1 aliphatic carbocycles. The Kier molecular flexibility index (Phi) is 5.65. The third kappa shape index (κ3) is 3.75. The van der Waals surface area contributed by atoms with Crippen molar-refractivity contribution in [2.75, 3.05) is 13.7 Å². The topological polar surface area (TPSA) is 125 Å². The van der Waals surface area contributed by atoms with Gasteiger partial charge in [-0.05, 0) is 24.8 Å². The van der Waals surface area contributed by atoms with Gasteiger partial charge in [-0.1, -0.05) is 19.8 Å². The highest BCUT2D eigenvalue weighted by Crippen LogP contribution is 2.36. The van der Waals surface area contributed by atoms with Crippen molar-refractivity contribution in [3.05, 3.63) is 28.1 Å². The molecule has 0 heterocycles. The fourth-order valence-corrected chi connectivity index (χ4v) is 4.85. The van der Waals surface area contributed by atoms with E-state index >= 15 is 0 Å². The number of rotatable bonds is 6. The molecule has 8 nitrogen and oxygen atoms in total. The molecule has 2 rings (SSSR count). The van der Waals surface area contributed by atoms with Crippen LogP contribution < -0.4 is 15.2 Å². The van der Waals surface area contributed by atoms with Gasteiger partial charge < -0.3 is 10.5 Å². The first kappa shape index (κ1) is 19.5. The fraction of sp³-hybridized carbons (Fsp3) is 0.600. The van der Waals surface area contributed by atoms with E-state index < -0.39 is 42.6 Å². The number of nitro groups is 1. The minimum Gasteiger partial charge on any atom is -0.488 e. The van der Waals surface area contributed by atoms with Crippen molar-refractivity contribution in [3.63, 3.8) is 0 Å². The van der Waals surface area contributed by atoms with Gasteiger partial charge in [0, 0.05) is 18.2 Å². The highest BCUT2D eigenvalue weighted by atomic mass is 32.2. The predicted molar refractivity (Wildman–Crippen MR) is 89.3 cm³/mol. The van der Waals surface area contributed by atoms with Crippen molar-refractivity contribution in [2.24, 2.45) is 11.7 Å². The lowest BCUT2D eigenvalue weighted by Gasteiger charge is -2.42. The third-order valence-electron chi connectivity index (χ3n) is 4.86. The Morgan fingerprint density at radius 1 is 1.48 bits per heavy atom. The monoisotopic (exact) mass is 375 g/mol. The normalized spacial score (nSPS) is 24.1. The lowest BCUT2D eigenvalue weighted by molar-refractivity contribution is -0.386. The minimum atomic E-state index is -4.20. The summed E-state index contributed by atoms with van der Waals surface area (Å²) in [5, 5.41) is 11.1. The summed E-state index contributed by atoms with van der Waals surface area (Å²) in [6, 6.07) is 1.51. The van der Waals surface area contributed by atoms with Crippen LogP contribution in [0, 0.1) is 21.8 Å². The molecule has 2 atom stereocenters. The van der Waals surface area contributed by atoms with E-state index in [0.717, 1.165) is 32.4 Å². The molecule has 1 aromatic rings. The quantitative estimate of drug-likeness (QED) is 0.578. The molecule has 0 aliphatic heterocycles. The van der Waals surface area contributed by atoms with Crippen molar-refractivity contribution in [1.82, 2.24) is 4.72 Å². The van der Waals surface area contributed by atoms with Crippen LogP contribution in [0.4, 0.5) is 10.1 Å².